The van der Waals surface area contributed by atoms with Gasteiger partial charge in [0.05, 0.1) is 18.9 Å². The topological polar surface area (TPSA) is 98.9 Å². The number of hydrogen-bond acceptors (Lipinski definition) is 6. The third-order valence-corrected chi connectivity index (χ3v) is 4.75. The van der Waals surface area contributed by atoms with E-state index in [2.05, 4.69) is 5.10 Å². The second-order valence-corrected chi connectivity index (χ2v) is 6.81. The summed E-state index contributed by atoms with van der Waals surface area (Å²) in [6.45, 7) is 1.45. The Hall–Kier alpha value is -2.62. The van der Waals surface area contributed by atoms with Crippen molar-refractivity contribution < 1.29 is 24.7 Å². The van der Waals surface area contributed by atoms with Gasteiger partial charge in [0.15, 0.2) is 5.69 Å². The lowest BCUT2D eigenvalue weighted by atomic mass is 9.99. The second-order valence-electron chi connectivity index (χ2n) is 6.81. The Labute approximate surface area is 169 Å². The minimum atomic E-state index is -1.07. The largest absolute Gasteiger partial charge is 0.595 e. The number of carbonyl (C=O) groups is 1. The van der Waals surface area contributed by atoms with Gasteiger partial charge in [-0.15, -0.1) is 0 Å². The van der Waals surface area contributed by atoms with Gasteiger partial charge in [-0.1, -0.05) is 18.2 Å². The van der Waals surface area contributed by atoms with E-state index in [1.807, 2.05) is 18.2 Å². The Bertz CT molecular complexity index is 898. The number of hydrogen-bond donors (Lipinski definition) is 2. The first-order valence-corrected chi connectivity index (χ1v) is 9.36. The van der Waals surface area contributed by atoms with Crippen LogP contribution in [0.5, 0.6) is 0 Å². The smallest absolute Gasteiger partial charge is 0.274 e. The predicted octanol–water partition coefficient (Wildman–Crippen LogP) is 2.02. The van der Waals surface area contributed by atoms with Crippen molar-refractivity contribution in [2.24, 2.45) is 5.10 Å². The van der Waals surface area contributed by atoms with Gasteiger partial charge >= 0.3 is 0 Å². The Kier molecular flexibility index (Phi) is 7.08. The maximum absolute atomic E-state index is 12.8. The number of nitrogens with zero attached hydrogens (tertiary/aromatic N) is 2. The van der Waals surface area contributed by atoms with Crippen LogP contribution in [-0.4, -0.2) is 42.6 Å². The van der Waals surface area contributed by atoms with Crippen LogP contribution in [0.3, 0.4) is 0 Å². The van der Waals surface area contributed by atoms with Gasteiger partial charge < -0.3 is 14.7 Å². The van der Waals surface area contributed by atoms with Gasteiger partial charge in [-0.3, -0.25) is 4.79 Å². The summed E-state index contributed by atoms with van der Waals surface area (Å²) in [5, 5.41) is 25.2. The SMILES string of the molecule is COCc1ccc(C2=NN(C(=O)c3cccc([NH+]([O-])O)c3)CCC2)cc1COC. The van der Waals surface area contributed by atoms with Crippen molar-refractivity contribution in [1.82, 2.24) is 5.01 Å². The van der Waals surface area contributed by atoms with Gasteiger partial charge in [0.25, 0.3) is 5.91 Å². The fraction of sp³-hybridized carbons (Fsp3) is 0.333. The molecule has 0 radical (unpaired) electrons. The zero-order valence-electron chi connectivity index (χ0n) is 16.6. The lowest BCUT2D eigenvalue weighted by Crippen LogP contribution is -2.99. The Morgan fingerprint density at radius 1 is 1.17 bits per heavy atom. The van der Waals surface area contributed by atoms with E-state index in [0.717, 1.165) is 35.2 Å². The Morgan fingerprint density at radius 2 is 1.93 bits per heavy atom. The molecule has 1 amide bonds. The number of methoxy groups -OCH3 is 2. The normalized spacial score (nSPS) is 15.2. The van der Waals surface area contributed by atoms with E-state index in [1.54, 1.807) is 26.4 Å². The molecule has 154 valence electrons. The molecule has 1 heterocycles. The number of nitrogens with one attached hydrogen (secondary N) is 1. The molecule has 8 heteroatoms. The number of carbonyl (C=O) groups excluding carboxylic acids is 1. The molecule has 0 spiro atoms. The second kappa shape index (κ2) is 9.73. The molecule has 1 aliphatic rings. The fourth-order valence-corrected chi connectivity index (χ4v) is 3.32. The lowest BCUT2D eigenvalue weighted by Gasteiger charge is -2.24. The van der Waals surface area contributed by atoms with Crippen LogP contribution in [0.1, 0.15) is 39.9 Å². The van der Waals surface area contributed by atoms with Gasteiger partial charge in [-0.25, -0.2) is 10.2 Å². The molecule has 1 unspecified atom stereocenters. The zero-order chi connectivity index (χ0) is 20.8. The van der Waals surface area contributed by atoms with Crippen LogP contribution < -0.4 is 5.23 Å². The first kappa shape index (κ1) is 21.1. The van der Waals surface area contributed by atoms with E-state index in [0.29, 0.717) is 25.3 Å². The number of hydrazone groups is 1. The van der Waals surface area contributed by atoms with Crippen LogP contribution in [0.4, 0.5) is 5.69 Å². The van der Waals surface area contributed by atoms with Crippen molar-refractivity contribution in [1.29, 1.82) is 0 Å². The molecular weight excluding hydrogens is 374 g/mol. The molecule has 0 bridgehead atoms. The zero-order valence-corrected chi connectivity index (χ0v) is 16.6. The van der Waals surface area contributed by atoms with E-state index in [9.17, 15) is 10.0 Å². The summed E-state index contributed by atoms with van der Waals surface area (Å²) in [4.78, 5) is 12.8. The van der Waals surface area contributed by atoms with Gasteiger partial charge in [-0.05, 0) is 41.7 Å². The summed E-state index contributed by atoms with van der Waals surface area (Å²) in [5.74, 6) is -0.307. The molecule has 3 rings (SSSR count). The molecule has 8 nitrogen and oxygen atoms in total. The standard InChI is InChI=1S/C21H25N3O5/c1-28-13-17-9-8-15(11-18(17)14-29-2)20-7-4-10-23(22-20)21(25)16-5-3-6-19(12-16)24(26)27/h3,5-6,8-9,11-12,24,26H,4,7,10,13-14H2,1-2H3. The molecule has 2 N–H and O–H groups in total. The maximum Gasteiger partial charge on any atom is 0.274 e. The van der Waals surface area contributed by atoms with Crippen LogP contribution in [-0.2, 0) is 22.7 Å². The number of amides is 1. The Balaban J connectivity index is 1.87. The predicted molar refractivity (Wildman–Crippen MR) is 107 cm³/mol. The summed E-state index contributed by atoms with van der Waals surface area (Å²) in [7, 11) is 3.30. The van der Waals surface area contributed by atoms with Gasteiger partial charge in [-0.2, -0.15) is 10.3 Å². The lowest BCUT2D eigenvalue weighted by molar-refractivity contribution is -0.991. The highest BCUT2D eigenvalue weighted by Crippen LogP contribution is 2.21. The van der Waals surface area contributed by atoms with Crippen molar-refractivity contribution in [2.75, 3.05) is 20.8 Å². The Morgan fingerprint density at radius 3 is 2.66 bits per heavy atom. The summed E-state index contributed by atoms with van der Waals surface area (Å²) in [6, 6.07) is 12.0. The molecule has 1 atom stereocenters. The van der Waals surface area contributed by atoms with Crippen molar-refractivity contribution in [3.05, 3.63) is 69.9 Å². The highest BCUT2D eigenvalue weighted by molar-refractivity contribution is 6.03. The number of rotatable bonds is 7. The minimum absolute atomic E-state index is 0.0787. The number of ether oxygens (including phenoxy) is 2. The molecule has 0 saturated heterocycles. The van der Waals surface area contributed by atoms with Gasteiger partial charge in [0.2, 0.25) is 0 Å². The maximum atomic E-state index is 12.8. The molecule has 1 aliphatic heterocycles. The molecule has 2 aromatic carbocycles. The van der Waals surface area contributed by atoms with Crippen LogP contribution in [0.2, 0.25) is 0 Å². The molecule has 0 saturated carbocycles. The highest BCUT2D eigenvalue weighted by atomic mass is 16.8. The molecular formula is C21H25N3O5. The van der Waals surface area contributed by atoms with Crippen molar-refractivity contribution in [2.45, 2.75) is 26.1 Å². The van der Waals surface area contributed by atoms with Crippen molar-refractivity contribution >= 4 is 17.3 Å². The molecule has 0 aliphatic carbocycles. The average molecular weight is 399 g/mol. The van der Waals surface area contributed by atoms with Crippen LogP contribution >= 0.6 is 0 Å². The summed E-state index contributed by atoms with van der Waals surface area (Å²) >= 11 is 0. The van der Waals surface area contributed by atoms with E-state index < -0.39 is 5.23 Å². The average Bonchev–Trinajstić information content (AvgIpc) is 2.75. The summed E-state index contributed by atoms with van der Waals surface area (Å²) in [5.41, 5.74) is 4.22. The summed E-state index contributed by atoms with van der Waals surface area (Å²) < 4.78 is 10.5. The third kappa shape index (κ3) is 5.06. The number of quaternary nitrogens is 1. The van der Waals surface area contributed by atoms with Crippen LogP contribution in [0, 0.1) is 5.21 Å². The fourth-order valence-electron chi connectivity index (χ4n) is 3.32. The quantitative estimate of drug-likeness (QED) is 0.694. The van der Waals surface area contributed by atoms with Crippen molar-refractivity contribution in [3.8, 4) is 0 Å². The highest BCUT2D eigenvalue weighted by Gasteiger charge is 2.22. The first-order chi connectivity index (χ1) is 14.0. The molecule has 0 aromatic heterocycles. The molecule has 29 heavy (non-hydrogen) atoms. The van der Waals surface area contributed by atoms with Crippen LogP contribution in [0.25, 0.3) is 0 Å². The van der Waals surface area contributed by atoms with Gasteiger partial charge in [0, 0.05) is 38.5 Å². The van der Waals surface area contributed by atoms with Gasteiger partial charge in [0.1, 0.15) is 0 Å². The van der Waals surface area contributed by atoms with E-state index in [4.69, 9.17) is 14.7 Å². The summed E-state index contributed by atoms with van der Waals surface area (Å²) in [6.07, 6.45) is 1.54. The monoisotopic (exact) mass is 399 g/mol. The molecule has 2 aromatic rings. The van der Waals surface area contributed by atoms with Crippen LogP contribution in [0.15, 0.2) is 47.6 Å². The van der Waals surface area contributed by atoms with E-state index >= 15 is 0 Å². The third-order valence-electron chi connectivity index (χ3n) is 4.75. The first-order valence-electron chi connectivity index (χ1n) is 9.36. The minimum Gasteiger partial charge on any atom is -0.595 e. The number of benzene rings is 2. The molecule has 0 fully saturated rings. The van der Waals surface area contributed by atoms with E-state index in [1.165, 1.54) is 17.1 Å². The van der Waals surface area contributed by atoms with Crippen molar-refractivity contribution in [3.63, 3.8) is 0 Å². The van der Waals surface area contributed by atoms with E-state index in [-0.39, 0.29) is 11.6 Å².